The van der Waals surface area contributed by atoms with Gasteiger partial charge in [-0.1, -0.05) is 264 Å². The molecule has 0 aromatic rings. The molecule has 0 aromatic carbocycles. The number of hydrogen-bond donors (Lipinski definition) is 0. The number of ether oxygens (including phenoxy) is 3. The minimum Gasteiger partial charge on any atom is -0.462 e. The first-order valence-electron chi connectivity index (χ1n) is 31.2. The zero-order chi connectivity index (χ0) is 55.0. The Balaban J connectivity index is 4.20. The second kappa shape index (κ2) is 63.1. The minimum absolute atomic E-state index is 0.0912. The van der Waals surface area contributed by atoms with Gasteiger partial charge in [0.25, 0.3) is 0 Å². The molecule has 0 saturated heterocycles. The van der Waals surface area contributed by atoms with Crippen molar-refractivity contribution in [1.82, 2.24) is 0 Å². The molecule has 0 fully saturated rings. The fourth-order valence-electron chi connectivity index (χ4n) is 8.23. The van der Waals surface area contributed by atoms with Crippen LogP contribution < -0.4 is 0 Å². The van der Waals surface area contributed by atoms with Crippen LogP contribution in [0.2, 0.25) is 0 Å². The Bertz CT molecular complexity index is 1630. The van der Waals surface area contributed by atoms with E-state index in [9.17, 15) is 14.4 Å². The molecular weight excluding hydrogens is 937 g/mol. The standard InChI is InChI=1S/C70H114O6/c1-4-7-10-13-16-18-20-22-24-26-28-30-31-32-33-34-35-36-37-38-39-41-42-44-46-48-50-52-54-57-60-63-69(72)75-66-67(65-74-68(71)62-59-56-15-12-9-6-3)76-70(73)64-61-58-55-53-51-49-47-45-43-40-29-27-25-23-21-19-17-14-11-8-5-2/h7,10,16,18,21-24,27-30,32-33,35-36,38-39,42-45,67H,4-6,8-9,11-15,17,19-20,25-26,31,34,37,40-41,46-66H2,1-3H3/b10-7-,18-16-,23-21-,24-22-,29-27-,30-28-,33-32-,36-35-,39-38-,44-42-,45-43-. The van der Waals surface area contributed by atoms with Gasteiger partial charge in [0.1, 0.15) is 13.2 Å². The molecule has 1 atom stereocenters. The molecule has 0 radical (unpaired) electrons. The van der Waals surface area contributed by atoms with Crippen molar-refractivity contribution < 1.29 is 28.6 Å². The van der Waals surface area contributed by atoms with Gasteiger partial charge in [0.15, 0.2) is 6.10 Å². The quantitative estimate of drug-likeness (QED) is 0.0261. The first-order valence-corrected chi connectivity index (χ1v) is 31.2. The van der Waals surface area contributed by atoms with Gasteiger partial charge in [-0.15, -0.1) is 0 Å². The number of allylic oxidation sites excluding steroid dienone is 22. The molecule has 0 spiro atoms. The third-order valence-electron chi connectivity index (χ3n) is 12.9. The van der Waals surface area contributed by atoms with Crippen LogP contribution in [-0.4, -0.2) is 37.2 Å². The van der Waals surface area contributed by atoms with Crippen LogP contribution in [0.3, 0.4) is 0 Å². The van der Waals surface area contributed by atoms with E-state index >= 15 is 0 Å². The molecule has 6 heteroatoms. The van der Waals surface area contributed by atoms with E-state index in [4.69, 9.17) is 14.2 Å². The number of carbonyl (C=O) groups excluding carboxylic acids is 3. The summed E-state index contributed by atoms with van der Waals surface area (Å²) < 4.78 is 16.8. The fraction of sp³-hybridized carbons (Fsp3) is 0.643. The Kier molecular flexibility index (Phi) is 59.4. The second-order valence-corrected chi connectivity index (χ2v) is 20.2. The van der Waals surface area contributed by atoms with Crippen molar-refractivity contribution in [2.45, 2.75) is 277 Å². The number of hydrogen-bond acceptors (Lipinski definition) is 6. The number of esters is 3. The molecule has 0 aliphatic rings. The van der Waals surface area contributed by atoms with Crippen LogP contribution in [0.15, 0.2) is 134 Å². The maximum absolute atomic E-state index is 12.8. The van der Waals surface area contributed by atoms with Gasteiger partial charge in [-0.25, -0.2) is 0 Å². The Morgan fingerprint density at radius 1 is 0.276 bits per heavy atom. The lowest BCUT2D eigenvalue weighted by Crippen LogP contribution is -2.30. The summed E-state index contributed by atoms with van der Waals surface area (Å²) in [6, 6.07) is 0. The van der Waals surface area contributed by atoms with Gasteiger partial charge < -0.3 is 14.2 Å². The topological polar surface area (TPSA) is 78.9 Å². The predicted molar refractivity (Wildman–Crippen MR) is 329 cm³/mol. The lowest BCUT2D eigenvalue weighted by atomic mass is 10.1. The third-order valence-corrected chi connectivity index (χ3v) is 12.9. The average molecular weight is 1050 g/mol. The fourth-order valence-corrected chi connectivity index (χ4v) is 8.23. The summed E-state index contributed by atoms with van der Waals surface area (Å²) in [5.74, 6) is -0.930. The lowest BCUT2D eigenvalue weighted by molar-refractivity contribution is -0.167. The highest BCUT2D eigenvalue weighted by Gasteiger charge is 2.19. The SMILES string of the molecule is CC/C=C\C/C=C\C/C=C\C/C=C\C/C=C\C/C=C\C/C=C\C/C=C\CCCCCCCCC(=O)OCC(COC(=O)CCCCCCCC)OC(=O)CCCCCCCC/C=C\C/C=C\C/C=C\CCCCCCC. The summed E-state index contributed by atoms with van der Waals surface area (Å²) in [7, 11) is 0. The molecule has 6 nitrogen and oxygen atoms in total. The van der Waals surface area contributed by atoms with Crippen molar-refractivity contribution >= 4 is 17.9 Å². The van der Waals surface area contributed by atoms with Gasteiger partial charge in [-0.2, -0.15) is 0 Å². The number of rotatable bonds is 55. The van der Waals surface area contributed by atoms with Gasteiger partial charge in [-0.3, -0.25) is 14.4 Å². The van der Waals surface area contributed by atoms with E-state index in [0.29, 0.717) is 19.3 Å². The van der Waals surface area contributed by atoms with Crippen molar-refractivity contribution in [3.05, 3.63) is 134 Å². The molecule has 0 bridgehead atoms. The molecule has 0 heterocycles. The summed E-state index contributed by atoms with van der Waals surface area (Å²) in [4.78, 5) is 38.0. The molecule has 0 saturated carbocycles. The van der Waals surface area contributed by atoms with Crippen molar-refractivity contribution in [2.75, 3.05) is 13.2 Å². The maximum atomic E-state index is 12.8. The van der Waals surface area contributed by atoms with Gasteiger partial charge in [0.2, 0.25) is 0 Å². The van der Waals surface area contributed by atoms with Crippen LogP contribution in [0.4, 0.5) is 0 Å². The van der Waals surface area contributed by atoms with Crippen LogP contribution in [0.25, 0.3) is 0 Å². The van der Waals surface area contributed by atoms with Crippen LogP contribution in [0, 0.1) is 0 Å². The van der Waals surface area contributed by atoms with Crippen molar-refractivity contribution in [3.63, 3.8) is 0 Å². The van der Waals surface area contributed by atoms with E-state index < -0.39 is 6.10 Å². The highest BCUT2D eigenvalue weighted by Crippen LogP contribution is 2.14. The smallest absolute Gasteiger partial charge is 0.306 e. The monoisotopic (exact) mass is 1050 g/mol. The summed E-state index contributed by atoms with van der Waals surface area (Å²) in [5, 5.41) is 0. The van der Waals surface area contributed by atoms with E-state index in [0.717, 1.165) is 148 Å². The predicted octanol–water partition coefficient (Wildman–Crippen LogP) is 21.4. The van der Waals surface area contributed by atoms with Crippen LogP contribution in [0.5, 0.6) is 0 Å². The molecule has 0 aliphatic carbocycles. The maximum Gasteiger partial charge on any atom is 0.306 e. The molecule has 0 aromatic heterocycles. The molecule has 1 unspecified atom stereocenters. The zero-order valence-electron chi connectivity index (χ0n) is 49.2. The lowest BCUT2D eigenvalue weighted by Gasteiger charge is -2.18. The largest absolute Gasteiger partial charge is 0.462 e. The highest BCUT2D eigenvalue weighted by molar-refractivity contribution is 5.71. The van der Waals surface area contributed by atoms with E-state index in [2.05, 4.69) is 154 Å². The van der Waals surface area contributed by atoms with Crippen molar-refractivity contribution in [3.8, 4) is 0 Å². The Hall–Kier alpha value is -4.45. The van der Waals surface area contributed by atoms with Crippen LogP contribution in [0.1, 0.15) is 271 Å². The van der Waals surface area contributed by atoms with Gasteiger partial charge in [0, 0.05) is 19.3 Å². The molecule has 0 rings (SSSR count). The van der Waals surface area contributed by atoms with E-state index in [1.54, 1.807) is 0 Å². The van der Waals surface area contributed by atoms with E-state index in [-0.39, 0.29) is 31.1 Å². The first-order chi connectivity index (χ1) is 37.5. The molecule has 0 N–H and O–H groups in total. The van der Waals surface area contributed by atoms with E-state index in [1.165, 1.54) is 83.5 Å². The van der Waals surface area contributed by atoms with Gasteiger partial charge in [0.05, 0.1) is 0 Å². The highest BCUT2D eigenvalue weighted by atomic mass is 16.6. The zero-order valence-corrected chi connectivity index (χ0v) is 49.2. The normalized spacial score (nSPS) is 13.0. The Labute approximate surface area is 468 Å². The van der Waals surface area contributed by atoms with Gasteiger partial charge >= 0.3 is 17.9 Å². The van der Waals surface area contributed by atoms with Gasteiger partial charge in [-0.05, 0) is 122 Å². The molecule has 0 aliphatic heterocycles. The summed E-state index contributed by atoms with van der Waals surface area (Å²) in [6.45, 7) is 6.43. The first kappa shape index (κ1) is 71.5. The van der Waals surface area contributed by atoms with Crippen molar-refractivity contribution in [2.24, 2.45) is 0 Å². The minimum atomic E-state index is -0.793. The third kappa shape index (κ3) is 60.4. The Morgan fingerprint density at radius 2 is 0.513 bits per heavy atom. The molecule has 0 amide bonds. The van der Waals surface area contributed by atoms with Crippen LogP contribution in [-0.2, 0) is 28.6 Å². The summed E-state index contributed by atoms with van der Waals surface area (Å²) >= 11 is 0. The molecule has 76 heavy (non-hydrogen) atoms. The summed E-state index contributed by atoms with van der Waals surface area (Å²) in [6.07, 6.45) is 89.1. The average Bonchev–Trinajstić information content (AvgIpc) is 3.42. The molecular formula is C70H114O6. The second-order valence-electron chi connectivity index (χ2n) is 20.2. The summed E-state index contributed by atoms with van der Waals surface area (Å²) in [5.41, 5.74) is 0. The number of carbonyl (C=O) groups is 3. The van der Waals surface area contributed by atoms with Crippen molar-refractivity contribution in [1.29, 1.82) is 0 Å². The number of unbranched alkanes of at least 4 members (excludes halogenated alkanes) is 22. The molecule has 430 valence electrons. The van der Waals surface area contributed by atoms with E-state index in [1.807, 2.05) is 0 Å². The van der Waals surface area contributed by atoms with Crippen LogP contribution >= 0.6 is 0 Å². The Morgan fingerprint density at radius 3 is 0.803 bits per heavy atom.